The van der Waals surface area contributed by atoms with Gasteiger partial charge in [-0.2, -0.15) is 0 Å². The molecule has 2 nitrogen and oxygen atoms in total. The molecule has 1 aliphatic carbocycles. The molecule has 1 unspecified atom stereocenters. The maximum Gasteiger partial charge on any atom is 0.228 e. The van der Waals surface area contributed by atoms with Crippen LogP contribution >= 0.6 is 11.6 Å². The first-order valence-corrected chi connectivity index (χ1v) is 6.60. The van der Waals surface area contributed by atoms with Crippen LogP contribution in [0.2, 0.25) is 5.02 Å². The maximum atomic E-state index is 12.3. The van der Waals surface area contributed by atoms with E-state index in [1.807, 2.05) is 0 Å². The average Bonchev–Trinajstić information content (AvgIpc) is 2.65. The molecular formula is C14H16ClFO2. The normalized spacial score (nSPS) is 17.9. The third-order valence-electron chi connectivity index (χ3n) is 3.38. The number of ether oxygens (including phenoxy) is 1. The molecule has 0 saturated carbocycles. The largest absolute Gasteiger partial charge is 0.463 e. The van der Waals surface area contributed by atoms with E-state index in [9.17, 15) is 9.18 Å². The summed E-state index contributed by atoms with van der Waals surface area (Å²) >= 11 is 5.93. The van der Waals surface area contributed by atoms with Gasteiger partial charge in [0.25, 0.3) is 0 Å². The number of unbranched alkanes of at least 4 members (excludes halogenated alkanes) is 1. The Balaban J connectivity index is 2.29. The Hall–Kier alpha value is -1.09. The van der Waals surface area contributed by atoms with Gasteiger partial charge >= 0.3 is 0 Å². The van der Waals surface area contributed by atoms with Gasteiger partial charge in [-0.15, -0.1) is 0 Å². The SMILES string of the molecule is CCCCC1Cc2c(OCF)cc(Cl)cc2C1=O. The van der Waals surface area contributed by atoms with Crippen LogP contribution in [-0.2, 0) is 6.42 Å². The number of hydrogen-bond donors (Lipinski definition) is 0. The summed E-state index contributed by atoms with van der Waals surface area (Å²) in [6.45, 7) is 1.20. The van der Waals surface area contributed by atoms with Gasteiger partial charge in [-0.3, -0.25) is 4.79 Å². The molecular weight excluding hydrogens is 255 g/mol. The van der Waals surface area contributed by atoms with Crippen molar-refractivity contribution in [3.8, 4) is 5.75 Å². The lowest BCUT2D eigenvalue weighted by Crippen LogP contribution is -2.08. The number of rotatable bonds is 5. The highest BCUT2D eigenvalue weighted by Crippen LogP contribution is 2.38. The predicted molar refractivity (Wildman–Crippen MR) is 69.1 cm³/mol. The Morgan fingerprint density at radius 2 is 2.28 bits per heavy atom. The van der Waals surface area contributed by atoms with E-state index in [0.29, 0.717) is 22.8 Å². The standard InChI is InChI=1S/C14H16ClFO2/c1-2-3-4-9-5-11-12(14(9)17)6-10(15)7-13(11)18-8-16/h6-7,9H,2-5,8H2,1H3. The Bertz CT molecular complexity index is 459. The fourth-order valence-electron chi connectivity index (χ4n) is 2.47. The monoisotopic (exact) mass is 270 g/mol. The van der Waals surface area contributed by atoms with Gasteiger partial charge in [0.2, 0.25) is 6.86 Å². The van der Waals surface area contributed by atoms with Gasteiger partial charge in [0.15, 0.2) is 5.78 Å². The van der Waals surface area contributed by atoms with Gasteiger partial charge in [-0.1, -0.05) is 31.4 Å². The van der Waals surface area contributed by atoms with Crippen LogP contribution < -0.4 is 4.74 Å². The first kappa shape index (κ1) is 13.3. The molecule has 0 saturated heterocycles. The predicted octanol–water partition coefficient (Wildman–Crippen LogP) is 4.19. The number of fused-ring (bicyclic) bond motifs is 1. The summed E-state index contributed by atoms with van der Waals surface area (Å²) in [7, 11) is 0. The molecule has 1 aromatic carbocycles. The van der Waals surface area contributed by atoms with Crippen LogP contribution in [0.1, 0.15) is 42.1 Å². The molecule has 0 N–H and O–H groups in total. The molecule has 0 aromatic heterocycles. The molecule has 0 fully saturated rings. The second kappa shape index (κ2) is 5.70. The minimum Gasteiger partial charge on any atom is -0.463 e. The van der Waals surface area contributed by atoms with E-state index in [-0.39, 0.29) is 11.7 Å². The highest BCUT2D eigenvalue weighted by atomic mass is 35.5. The summed E-state index contributed by atoms with van der Waals surface area (Å²) in [6, 6.07) is 3.24. The second-order valence-electron chi connectivity index (χ2n) is 4.59. The van der Waals surface area contributed by atoms with Gasteiger partial charge in [0, 0.05) is 22.1 Å². The summed E-state index contributed by atoms with van der Waals surface area (Å²) in [4.78, 5) is 12.2. The van der Waals surface area contributed by atoms with E-state index in [0.717, 1.165) is 24.8 Å². The van der Waals surface area contributed by atoms with E-state index >= 15 is 0 Å². The lowest BCUT2D eigenvalue weighted by atomic mass is 9.98. The zero-order valence-electron chi connectivity index (χ0n) is 10.3. The molecule has 0 radical (unpaired) electrons. The van der Waals surface area contributed by atoms with Gasteiger partial charge in [0.1, 0.15) is 5.75 Å². The molecule has 1 aromatic rings. The molecule has 4 heteroatoms. The summed E-state index contributed by atoms with van der Waals surface area (Å²) in [5, 5.41) is 0.418. The minimum absolute atomic E-state index is 0.000350. The molecule has 98 valence electrons. The van der Waals surface area contributed by atoms with Crippen LogP contribution in [0, 0.1) is 5.92 Å². The quantitative estimate of drug-likeness (QED) is 0.802. The highest BCUT2D eigenvalue weighted by molar-refractivity contribution is 6.31. The van der Waals surface area contributed by atoms with Crippen molar-refractivity contribution in [3.63, 3.8) is 0 Å². The Labute approximate surface area is 111 Å². The number of alkyl halides is 1. The van der Waals surface area contributed by atoms with Crippen LogP contribution in [0.4, 0.5) is 4.39 Å². The number of Topliss-reactive ketones (excluding diaryl/α,β-unsaturated/α-hetero) is 1. The fraction of sp³-hybridized carbons (Fsp3) is 0.500. The third kappa shape index (κ3) is 2.51. The van der Waals surface area contributed by atoms with E-state index in [4.69, 9.17) is 16.3 Å². The van der Waals surface area contributed by atoms with Crippen LogP contribution in [0.15, 0.2) is 12.1 Å². The molecule has 1 atom stereocenters. The smallest absolute Gasteiger partial charge is 0.228 e. The van der Waals surface area contributed by atoms with Crippen LogP contribution in [0.5, 0.6) is 5.75 Å². The molecule has 0 aliphatic heterocycles. The molecule has 0 heterocycles. The molecule has 1 aliphatic rings. The first-order chi connectivity index (χ1) is 8.67. The summed E-state index contributed by atoms with van der Waals surface area (Å²) in [6.07, 6.45) is 3.60. The molecule has 18 heavy (non-hydrogen) atoms. The first-order valence-electron chi connectivity index (χ1n) is 6.22. The van der Waals surface area contributed by atoms with Crippen molar-refractivity contribution in [3.05, 3.63) is 28.3 Å². The third-order valence-corrected chi connectivity index (χ3v) is 3.59. The van der Waals surface area contributed by atoms with Crippen LogP contribution in [0.25, 0.3) is 0 Å². The molecule has 2 rings (SSSR count). The Morgan fingerprint density at radius 3 is 2.94 bits per heavy atom. The minimum atomic E-state index is -0.902. The van der Waals surface area contributed by atoms with E-state index in [2.05, 4.69) is 6.92 Å². The summed E-state index contributed by atoms with van der Waals surface area (Å²) in [5.74, 6) is 0.525. The average molecular weight is 271 g/mol. The van der Waals surface area contributed by atoms with Crippen molar-refractivity contribution >= 4 is 17.4 Å². The molecule has 0 spiro atoms. The molecule has 0 amide bonds. The zero-order valence-corrected chi connectivity index (χ0v) is 11.1. The van der Waals surface area contributed by atoms with Gasteiger partial charge in [-0.25, -0.2) is 4.39 Å². The van der Waals surface area contributed by atoms with Gasteiger partial charge < -0.3 is 4.74 Å². The van der Waals surface area contributed by atoms with Crippen molar-refractivity contribution in [2.45, 2.75) is 32.6 Å². The number of benzene rings is 1. The number of halogens is 2. The molecule has 0 bridgehead atoms. The van der Waals surface area contributed by atoms with Crippen LogP contribution in [0.3, 0.4) is 0 Å². The zero-order chi connectivity index (χ0) is 13.1. The van der Waals surface area contributed by atoms with Crippen molar-refractivity contribution < 1.29 is 13.9 Å². The number of carbonyl (C=O) groups is 1. The van der Waals surface area contributed by atoms with Crippen molar-refractivity contribution in [2.75, 3.05) is 6.86 Å². The van der Waals surface area contributed by atoms with Crippen molar-refractivity contribution in [1.29, 1.82) is 0 Å². The van der Waals surface area contributed by atoms with E-state index in [1.165, 1.54) is 0 Å². The maximum absolute atomic E-state index is 12.3. The number of hydrogen-bond acceptors (Lipinski definition) is 2. The van der Waals surface area contributed by atoms with Crippen LogP contribution in [-0.4, -0.2) is 12.6 Å². The summed E-state index contributed by atoms with van der Waals surface area (Å²) in [5.41, 5.74) is 1.41. The number of carbonyl (C=O) groups excluding carboxylic acids is 1. The summed E-state index contributed by atoms with van der Waals surface area (Å²) < 4.78 is 17.3. The van der Waals surface area contributed by atoms with Crippen molar-refractivity contribution in [2.24, 2.45) is 5.92 Å². The lowest BCUT2D eigenvalue weighted by Gasteiger charge is -2.08. The van der Waals surface area contributed by atoms with E-state index in [1.54, 1.807) is 12.1 Å². The second-order valence-corrected chi connectivity index (χ2v) is 5.03. The van der Waals surface area contributed by atoms with Crippen molar-refractivity contribution in [1.82, 2.24) is 0 Å². The van der Waals surface area contributed by atoms with Gasteiger partial charge in [0.05, 0.1) is 0 Å². The Kier molecular flexibility index (Phi) is 4.23. The van der Waals surface area contributed by atoms with Gasteiger partial charge in [-0.05, 0) is 25.0 Å². The number of ketones is 1. The highest BCUT2D eigenvalue weighted by Gasteiger charge is 2.32. The topological polar surface area (TPSA) is 26.3 Å². The Morgan fingerprint density at radius 1 is 1.50 bits per heavy atom. The fourth-order valence-corrected chi connectivity index (χ4v) is 2.68. The lowest BCUT2D eigenvalue weighted by molar-refractivity contribution is 0.0929. The van der Waals surface area contributed by atoms with E-state index < -0.39 is 6.86 Å².